The number of carbonyl (C=O) groups is 1. The van der Waals surface area contributed by atoms with Crippen LogP contribution < -0.4 is 10.1 Å². The van der Waals surface area contributed by atoms with E-state index in [9.17, 15) is 14.9 Å². The third kappa shape index (κ3) is 4.87. The molecule has 1 aromatic heterocycles. The molecule has 0 spiro atoms. The molecule has 1 saturated heterocycles. The molecule has 1 aliphatic rings. The van der Waals surface area contributed by atoms with E-state index >= 15 is 0 Å². The fourth-order valence-electron chi connectivity index (χ4n) is 3.51. The van der Waals surface area contributed by atoms with Crippen molar-refractivity contribution in [3.8, 4) is 17.7 Å². The molecule has 2 heterocycles. The lowest BCUT2D eigenvalue weighted by Crippen LogP contribution is -2.29. The lowest BCUT2D eigenvalue weighted by atomic mass is 9.90. The van der Waals surface area contributed by atoms with Gasteiger partial charge >= 0.3 is 11.6 Å². The molecule has 3 rings (SSSR count). The third-order valence-electron chi connectivity index (χ3n) is 5.04. The van der Waals surface area contributed by atoms with Crippen LogP contribution in [0.2, 0.25) is 0 Å². The lowest BCUT2D eigenvalue weighted by Gasteiger charge is -2.25. The van der Waals surface area contributed by atoms with E-state index in [1.165, 1.54) is 0 Å². The van der Waals surface area contributed by atoms with Gasteiger partial charge in [0.25, 0.3) is 6.47 Å². The van der Waals surface area contributed by atoms with E-state index in [0.717, 1.165) is 32.3 Å². The topological polar surface area (TPSA) is 140 Å². The second kappa shape index (κ2) is 9.76. The zero-order chi connectivity index (χ0) is 21.5. The molecule has 0 amide bonds. The molecule has 30 heavy (non-hydrogen) atoms. The quantitative estimate of drug-likeness (QED) is 0.394. The minimum Gasteiger partial charge on any atom is -0.458 e. The van der Waals surface area contributed by atoms with Gasteiger partial charge in [-0.3, -0.25) is 14.9 Å². The molecule has 1 N–H and O–H groups in total. The number of aromatic nitrogens is 2. The number of hydrogen-bond acceptors (Lipinski definition) is 9. The van der Waals surface area contributed by atoms with Crippen molar-refractivity contribution in [3.63, 3.8) is 0 Å². The summed E-state index contributed by atoms with van der Waals surface area (Å²) in [7, 11) is 0. The normalized spacial score (nSPS) is 15.1. The molecule has 1 unspecified atom stereocenters. The van der Waals surface area contributed by atoms with Gasteiger partial charge in [0.2, 0.25) is 0 Å². The van der Waals surface area contributed by atoms with Gasteiger partial charge in [-0.15, -0.1) is 0 Å². The lowest BCUT2D eigenvalue weighted by molar-refractivity contribution is -0.387. The first-order chi connectivity index (χ1) is 14.5. The Morgan fingerprint density at radius 1 is 1.40 bits per heavy atom. The molecular weight excluding hydrogens is 390 g/mol. The van der Waals surface area contributed by atoms with Crippen molar-refractivity contribution in [2.45, 2.75) is 32.3 Å². The van der Waals surface area contributed by atoms with Crippen LogP contribution in [-0.4, -0.2) is 34.5 Å². The summed E-state index contributed by atoms with van der Waals surface area (Å²) in [5.74, 6) is 0.325. The number of nitrogens with zero attached hydrogens (tertiary/aromatic N) is 4. The number of nitro groups is 1. The van der Waals surface area contributed by atoms with Crippen LogP contribution in [-0.2, 0) is 9.53 Å². The van der Waals surface area contributed by atoms with Gasteiger partial charge in [0.15, 0.2) is 11.8 Å². The molecule has 1 fully saturated rings. The fourth-order valence-corrected chi connectivity index (χ4v) is 3.51. The zero-order valence-electron chi connectivity index (χ0n) is 16.4. The highest BCUT2D eigenvalue weighted by Gasteiger charge is 2.33. The smallest absolute Gasteiger partial charge is 0.356 e. The van der Waals surface area contributed by atoms with Gasteiger partial charge in [0.05, 0.1) is 16.6 Å². The molecule has 0 bridgehead atoms. The summed E-state index contributed by atoms with van der Waals surface area (Å²) < 4.78 is 10.9. The molecule has 0 radical (unpaired) electrons. The summed E-state index contributed by atoms with van der Waals surface area (Å²) >= 11 is 0. The van der Waals surface area contributed by atoms with Crippen molar-refractivity contribution in [3.05, 3.63) is 51.5 Å². The van der Waals surface area contributed by atoms with Crippen LogP contribution in [0.1, 0.15) is 42.2 Å². The van der Waals surface area contributed by atoms with Crippen molar-refractivity contribution in [1.29, 1.82) is 5.26 Å². The van der Waals surface area contributed by atoms with E-state index in [0.29, 0.717) is 23.3 Å². The van der Waals surface area contributed by atoms with Crippen LogP contribution in [0.3, 0.4) is 0 Å². The monoisotopic (exact) mass is 411 g/mol. The summed E-state index contributed by atoms with van der Waals surface area (Å²) in [6.45, 7) is 3.69. The van der Waals surface area contributed by atoms with E-state index in [1.807, 2.05) is 6.07 Å². The summed E-state index contributed by atoms with van der Waals surface area (Å²) in [6.07, 6.45) is 2.46. The highest BCUT2D eigenvalue weighted by molar-refractivity contribution is 5.50. The van der Waals surface area contributed by atoms with E-state index in [1.54, 1.807) is 25.1 Å². The van der Waals surface area contributed by atoms with Crippen molar-refractivity contribution in [2.75, 3.05) is 13.1 Å². The Kier molecular flexibility index (Phi) is 6.87. The maximum Gasteiger partial charge on any atom is 0.356 e. The highest BCUT2D eigenvalue weighted by Crippen LogP contribution is 2.38. The Morgan fingerprint density at radius 3 is 2.80 bits per heavy atom. The Balaban J connectivity index is 1.95. The Morgan fingerprint density at radius 2 is 2.17 bits per heavy atom. The molecular formula is C20H21N5O5. The largest absolute Gasteiger partial charge is 0.458 e. The molecule has 1 atom stereocenters. The van der Waals surface area contributed by atoms with Crippen LogP contribution in [0, 0.1) is 34.3 Å². The van der Waals surface area contributed by atoms with Crippen molar-refractivity contribution in [2.24, 2.45) is 5.92 Å². The second-order valence-corrected chi connectivity index (χ2v) is 7.01. The first-order valence-electron chi connectivity index (χ1n) is 9.51. The van der Waals surface area contributed by atoms with Gasteiger partial charge in [0.1, 0.15) is 12.1 Å². The third-order valence-corrected chi connectivity index (χ3v) is 5.04. The van der Waals surface area contributed by atoms with Gasteiger partial charge < -0.3 is 14.8 Å². The Hall–Kier alpha value is -3.58. The molecule has 156 valence electrons. The first kappa shape index (κ1) is 21.1. The predicted octanol–water partition coefficient (Wildman–Crippen LogP) is 2.96. The van der Waals surface area contributed by atoms with Gasteiger partial charge in [-0.05, 0) is 69.0 Å². The Labute approximate surface area is 173 Å². The summed E-state index contributed by atoms with van der Waals surface area (Å²) in [5, 5.41) is 24.1. The van der Waals surface area contributed by atoms with Gasteiger partial charge in [-0.25, -0.2) is 4.98 Å². The molecule has 0 aliphatic carbocycles. The van der Waals surface area contributed by atoms with Crippen LogP contribution in [0.5, 0.6) is 11.6 Å². The number of piperidine rings is 1. The van der Waals surface area contributed by atoms with Crippen LogP contribution in [0.15, 0.2) is 24.5 Å². The highest BCUT2D eigenvalue weighted by atomic mass is 16.6. The van der Waals surface area contributed by atoms with E-state index < -0.39 is 16.7 Å². The number of ether oxygens (including phenoxy) is 2. The number of aryl methyl sites for hydroxylation is 1. The first-order valence-corrected chi connectivity index (χ1v) is 9.51. The molecule has 10 heteroatoms. The summed E-state index contributed by atoms with van der Waals surface area (Å²) in [4.78, 5) is 30.3. The van der Waals surface area contributed by atoms with Crippen LogP contribution in [0.25, 0.3) is 0 Å². The molecule has 1 aromatic carbocycles. The maximum atomic E-state index is 11.9. The van der Waals surface area contributed by atoms with Gasteiger partial charge in [0, 0.05) is 0 Å². The van der Waals surface area contributed by atoms with E-state index in [4.69, 9.17) is 14.7 Å². The number of nitrogens with one attached hydrogen (secondary N) is 1. The standard InChI is InChI=1S/C20H21N5O5/c1-13-8-15(10-21)2-3-16(13)30-20-19(25(27)28)18(23-11-24-20)17(29-12-26)9-14-4-6-22-7-5-14/h2-3,8,11-12,14,17,22H,4-7,9H2,1H3. The number of nitriles is 1. The molecule has 0 saturated carbocycles. The summed E-state index contributed by atoms with van der Waals surface area (Å²) in [5.41, 5.74) is 0.627. The minimum absolute atomic E-state index is 0.00179. The number of carbonyl (C=O) groups excluding carboxylic acids is 1. The van der Waals surface area contributed by atoms with Gasteiger partial charge in [-0.2, -0.15) is 10.2 Å². The van der Waals surface area contributed by atoms with Crippen molar-refractivity contribution in [1.82, 2.24) is 15.3 Å². The van der Waals surface area contributed by atoms with E-state index in [2.05, 4.69) is 15.3 Å². The minimum atomic E-state index is -0.876. The average molecular weight is 411 g/mol. The fraction of sp³-hybridized carbons (Fsp3) is 0.400. The average Bonchev–Trinajstić information content (AvgIpc) is 2.75. The predicted molar refractivity (Wildman–Crippen MR) is 105 cm³/mol. The molecule has 2 aromatic rings. The molecule has 1 aliphatic heterocycles. The van der Waals surface area contributed by atoms with Crippen LogP contribution in [0.4, 0.5) is 5.69 Å². The van der Waals surface area contributed by atoms with Crippen molar-refractivity contribution < 1.29 is 19.2 Å². The zero-order valence-corrected chi connectivity index (χ0v) is 16.4. The summed E-state index contributed by atoms with van der Waals surface area (Å²) in [6, 6.07) is 6.73. The van der Waals surface area contributed by atoms with Crippen LogP contribution >= 0.6 is 0 Å². The second-order valence-electron chi connectivity index (χ2n) is 7.01. The number of rotatable bonds is 8. The van der Waals surface area contributed by atoms with Crippen molar-refractivity contribution >= 4 is 12.2 Å². The van der Waals surface area contributed by atoms with Gasteiger partial charge in [-0.1, -0.05) is 0 Å². The number of hydrogen-bond donors (Lipinski definition) is 1. The van der Waals surface area contributed by atoms with E-state index in [-0.39, 0.29) is 24.0 Å². The number of benzene rings is 1. The molecule has 10 nitrogen and oxygen atoms in total. The SMILES string of the molecule is Cc1cc(C#N)ccc1Oc1ncnc(C(CC2CCNCC2)OC=O)c1[N+](=O)[O-]. The Bertz CT molecular complexity index is 969. The maximum absolute atomic E-state index is 11.9.